The van der Waals surface area contributed by atoms with Gasteiger partial charge >= 0.3 is 6.09 Å². The summed E-state index contributed by atoms with van der Waals surface area (Å²) in [7, 11) is 1.63. The minimum absolute atomic E-state index is 0.256. The minimum atomic E-state index is -0.656. The number of carbonyl (C=O) groups is 1. The molecular formula is C16H21NO4. The van der Waals surface area contributed by atoms with E-state index in [2.05, 4.69) is 5.32 Å². The van der Waals surface area contributed by atoms with Gasteiger partial charge in [-0.05, 0) is 44.7 Å². The van der Waals surface area contributed by atoms with Gasteiger partial charge in [-0.3, -0.25) is 0 Å². The Labute approximate surface area is 124 Å². The lowest BCUT2D eigenvalue weighted by atomic mass is 9.96. The lowest BCUT2D eigenvalue weighted by Gasteiger charge is -2.24. The molecule has 2 fully saturated rings. The van der Waals surface area contributed by atoms with E-state index in [9.17, 15) is 4.79 Å². The van der Waals surface area contributed by atoms with Crippen LogP contribution in [-0.2, 0) is 10.3 Å². The Bertz CT molecular complexity index is 539. The predicted molar refractivity (Wildman–Crippen MR) is 77.7 cm³/mol. The van der Waals surface area contributed by atoms with E-state index >= 15 is 0 Å². The molecule has 1 N–H and O–H groups in total. The zero-order valence-electron chi connectivity index (χ0n) is 12.5. The van der Waals surface area contributed by atoms with Gasteiger partial charge in [0.25, 0.3) is 0 Å². The largest absolute Gasteiger partial charge is 0.493 e. The third kappa shape index (κ3) is 2.77. The van der Waals surface area contributed by atoms with Crippen LogP contribution in [0.25, 0.3) is 0 Å². The van der Waals surface area contributed by atoms with Crippen LogP contribution >= 0.6 is 0 Å². The van der Waals surface area contributed by atoms with Gasteiger partial charge in [0.15, 0.2) is 17.1 Å². The third-order valence-electron chi connectivity index (χ3n) is 4.26. The molecule has 114 valence electrons. The normalized spacial score (nSPS) is 25.5. The molecule has 0 aromatic heterocycles. The van der Waals surface area contributed by atoms with E-state index in [1.165, 1.54) is 12.8 Å². The Morgan fingerprint density at radius 2 is 2.05 bits per heavy atom. The number of amides is 1. The molecule has 1 aromatic carbocycles. The number of hydrogen-bond donors (Lipinski definition) is 1. The summed E-state index contributed by atoms with van der Waals surface area (Å²) >= 11 is 0. The number of carbonyl (C=O) groups excluding carboxylic acids is 1. The molecule has 1 heterocycles. The van der Waals surface area contributed by atoms with Crippen molar-refractivity contribution in [1.82, 2.24) is 5.32 Å². The van der Waals surface area contributed by atoms with Gasteiger partial charge in [0.05, 0.1) is 19.8 Å². The molecule has 3 rings (SSSR count). The summed E-state index contributed by atoms with van der Waals surface area (Å²) in [6.07, 6.45) is 4.47. The smallest absolute Gasteiger partial charge is 0.408 e. The van der Waals surface area contributed by atoms with E-state index < -0.39 is 5.60 Å². The van der Waals surface area contributed by atoms with Gasteiger partial charge in [0.1, 0.15) is 0 Å². The topological polar surface area (TPSA) is 56.8 Å². The van der Waals surface area contributed by atoms with Gasteiger partial charge in [-0.2, -0.15) is 0 Å². The second-order valence-corrected chi connectivity index (χ2v) is 5.86. The molecule has 0 unspecified atom stereocenters. The van der Waals surface area contributed by atoms with Crippen molar-refractivity contribution in [1.29, 1.82) is 0 Å². The molecule has 21 heavy (non-hydrogen) atoms. The molecule has 0 bridgehead atoms. The maximum absolute atomic E-state index is 11.3. The molecule has 5 nitrogen and oxygen atoms in total. The highest BCUT2D eigenvalue weighted by Gasteiger charge is 2.38. The third-order valence-corrected chi connectivity index (χ3v) is 4.26. The van der Waals surface area contributed by atoms with Crippen LogP contribution in [-0.4, -0.2) is 25.9 Å². The summed E-state index contributed by atoms with van der Waals surface area (Å²) in [6.45, 7) is 2.35. The highest BCUT2D eigenvalue weighted by molar-refractivity contribution is 5.70. The first-order valence-electron chi connectivity index (χ1n) is 7.43. The molecule has 1 aliphatic heterocycles. The Balaban J connectivity index is 1.87. The molecule has 2 aliphatic rings. The van der Waals surface area contributed by atoms with Gasteiger partial charge < -0.3 is 19.5 Å². The zero-order valence-corrected chi connectivity index (χ0v) is 12.5. The van der Waals surface area contributed by atoms with Crippen LogP contribution in [0.15, 0.2) is 18.2 Å². The molecule has 1 amide bonds. The quantitative estimate of drug-likeness (QED) is 0.926. The molecule has 0 radical (unpaired) electrons. The Hall–Kier alpha value is -1.91. The zero-order chi connectivity index (χ0) is 14.9. The fourth-order valence-electron chi connectivity index (χ4n) is 2.96. The predicted octanol–water partition coefficient (Wildman–Crippen LogP) is 2.97. The molecule has 0 spiro atoms. The summed E-state index contributed by atoms with van der Waals surface area (Å²) in [5.74, 6) is 1.44. The number of ether oxygens (including phenoxy) is 3. The fraction of sp³-hybridized carbons (Fsp3) is 0.562. The number of rotatable bonds is 4. The molecule has 1 atom stereocenters. The summed E-state index contributed by atoms with van der Waals surface area (Å²) < 4.78 is 16.8. The molecular weight excluding hydrogens is 270 g/mol. The molecule has 1 saturated heterocycles. The molecule has 1 aromatic rings. The molecule has 5 heteroatoms. The highest BCUT2D eigenvalue weighted by atomic mass is 16.6. The van der Waals surface area contributed by atoms with Gasteiger partial charge in [-0.1, -0.05) is 6.07 Å². The van der Waals surface area contributed by atoms with E-state index in [0.29, 0.717) is 12.3 Å². The van der Waals surface area contributed by atoms with Crippen molar-refractivity contribution in [2.45, 2.75) is 44.3 Å². The Morgan fingerprint density at radius 3 is 2.67 bits per heavy atom. The minimum Gasteiger partial charge on any atom is -0.493 e. The van der Waals surface area contributed by atoms with E-state index in [-0.39, 0.29) is 12.2 Å². The summed E-state index contributed by atoms with van der Waals surface area (Å²) in [5, 5.41) is 2.70. The lowest BCUT2D eigenvalue weighted by Crippen LogP contribution is -2.26. The van der Waals surface area contributed by atoms with Crippen molar-refractivity contribution < 1.29 is 19.0 Å². The highest BCUT2D eigenvalue weighted by Crippen LogP contribution is 2.37. The van der Waals surface area contributed by atoms with E-state index in [0.717, 1.165) is 24.2 Å². The maximum Gasteiger partial charge on any atom is 0.408 e. The lowest BCUT2D eigenvalue weighted by molar-refractivity contribution is 0.0699. The number of cyclic esters (lactones) is 1. The van der Waals surface area contributed by atoms with E-state index in [1.54, 1.807) is 7.11 Å². The standard InChI is InChI=1S/C16H21NO4/c1-16(10-17-15(18)21-16)11-7-8-13(19-2)14(9-11)20-12-5-3-4-6-12/h7-9,12H,3-6,10H2,1-2H3,(H,17,18)/t16-/m1/s1. The van der Waals surface area contributed by atoms with Crippen molar-refractivity contribution >= 4 is 6.09 Å². The van der Waals surface area contributed by atoms with Crippen LogP contribution in [0.2, 0.25) is 0 Å². The van der Waals surface area contributed by atoms with E-state index in [1.807, 2.05) is 25.1 Å². The van der Waals surface area contributed by atoms with E-state index in [4.69, 9.17) is 14.2 Å². The van der Waals surface area contributed by atoms with Crippen molar-refractivity contribution in [2.75, 3.05) is 13.7 Å². The van der Waals surface area contributed by atoms with Crippen LogP contribution in [0.4, 0.5) is 4.79 Å². The van der Waals surface area contributed by atoms with Crippen LogP contribution in [0.5, 0.6) is 11.5 Å². The number of nitrogens with one attached hydrogen (secondary N) is 1. The SMILES string of the molecule is COc1ccc([C@@]2(C)CNC(=O)O2)cc1OC1CCCC1. The summed E-state index contributed by atoms with van der Waals surface area (Å²) in [6, 6.07) is 5.72. The average molecular weight is 291 g/mol. The second kappa shape index (κ2) is 5.47. The fourth-order valence-corrected chi connectivity index (χ4v) is 2.96. The average Bonchev–Trinajstić information content (AvgIpc) is 3.09. The molecule has 1 saturated carbocycles. The van der Waals surface area contributed by atoms with Crippen LogP contribution in [0.1, 0.15) is 38.2 Å². The first-order valence-corrected chi connectivity index (χ1v) is 7.43. The monoisotopic (exact) mass is 291 g/mol. The number of benzene rings is 1. The first kappa shape index (κ1) is 14.0. The van der Waals surface area contributed by atoms with Crippen LogP contribution in [0.3, 0.4) is 0 Å². The van der Waals surface area contributed by atoms with Gasteiger partial charge in [-0.15, -0.1) is 0 Å². The molecule has 1 aliphatic carbocycles. The van der Waals surface area contributed by atoms with Crippen LogP contribution in [0, 0.1) is 0 Å². The van der Waals surface area contributed by atoms with Gasteiger partial charge in [0, 0.05) is 5.56 Å². The van der Waals surface area contributed by atoms with Crippen molar-refractivity contribution in [2.24, 2.45) is 0 Å². The number of alkyl carbamates (subject to hydrolysis) is 1. The Morgan fingerprint density at radius 1 is 1.29 bits per heavy atom. The van der Waals surface area contributed by atoms with Crippen molar-refractivity contribution in [3.63, 3.8) is 0 Å². The second-order valence-electron chi connectivity index (χ2n) is 5.86. The maximum atomic E-state index is 11.3. The Kier molecular flexibility index (Phi) is 3.66. The van der Waals surface area contributed by atoms with Gasteiger partial charge in [-0.25, -0.2) is 4.79 Å². The first-order chi connectivity index (χ1) is 10.1. The summed E-state index contributed by atoms with van der Waals surface area (Å²) in [4.78, 5) is 11.3. The summed E-state index contributed by atoms with van der Waals surface area (Å²) in [5.41, 5.74) is 0.256. The number of hydrogen-bond acceptors (Lipinski definition) is 4. The van der Waals surface area contributed by atoms with Crippen molar-refractivity contribution in [3.8, 4) is 11.5 Å². The van der Waals surface area contributed by atoms with Gasteiger partial charge in [0.2, 0.25) is 0 Å². The number of methoxy groups -OCH3 is 1. The van der Waals surface area contributed by atoms with Crippen molar-refractivity contribution in [3.05, 3.63) is 23.8 Å². The van der Waals surface area contributed by atoms with Crippen LogP contribution < -0.4 is 14.8 Å².